The van der Waals surface area contributed by atoms with Crippen molar-refractivity contribution in [3.05, 3.63) is 65.0 Å². The molecule has 14 heteroatoms. The quantitative estimate of drug-likeness (QED) is 0.385. The molecular formula is C20H13ClF3N7O3. The lowest BCUT2D eigenvalue weighted by Crippen LogP contribution is -2.17. The van der Waals surface area contributed by atoms with Gasteiger partial charge in [0.05, 0.1) is 28.0 Å². The Hall–Kier alpha value is -4.26. The highest BCUT2D eigenvalue weighted by Crippen LogP contribution is 2.40. The molecule has 0 saturated carbocycles. The molecule has 0 radical (unpaired) electrons. The zero-order valence-electron chi connectivity index (χ0n) is 17.1. The largest absolute Gasteiger partial charge is 0.478 e. The third-order valence-corrected chi connectivity index (χ3v) is 5.04. The number of imidazole rings is 1. The molecule has 0 aliphatic rings. The predicted octanol–water partition coefficient (Wildman–Crippen LogP) is 3.89. The molecule has 1 amide bonds. The normalized spacial score (nSPS) is 11.4. The van der Waals surface area contributed by atoms with E-state index in [9.17, 15) is 22.8 Å². The van der Waals surface area contributed by atoms with Crippen LogP contribution in [-0.2, 0) is 13.2 Å². The molecule has 0 bridgehead atoms. The number of aromatic amines is 1. The van der Waals surface area contributed by atoms with Crippen LogP contribution < -0.4 is 5.32 Å². The number of hydrogen-bond donors (Lipinski definition) is 3. The molecule has 174 valence electrons. The van der Waals surface area contributed by atoms with Crippen molar-refractivity contribution in [2.45, 2.75) is 6.18 Å². The fourth-order valence-corrected chi connectivity index (χ4v) is 3.45. The molecule has 34 heavy (non-hydrogen) atoms. The first kappa shape index (κ1) is 22.9. The number of hydrogen-bond acceptors (Lipinski definition) is 6. The molecule has 3 aromatic heterocycles. The fourth-order valence-electron chi connectivity index (χ4n) is 3.19. The van der Waals surface area contributed by atoms with Gasteiger partial charge in [0.1, 0.15) is 5.69 Å². The van der Waals surface area contributed by atoms with Crippen LogP contribution in [0.2, 0.25) is 5.02 Å². The van der Waals surface area contributed by atoms with Crippen LogP contribution in [0.25, 0.3) is 22.8 Å². The van der Waals surface area contributed by atoms with Gasteiger partial charge in [0, 0.05) is 25.1 Å². The summed E-state index contributed by atoms with van der Waals surface area (Å²) < 4.78 is 42.2. The number of rotatable bonds is 5. The van der Waals surface area contributed by atoms with Crippen LogP contribution in [0.3, 0.4) is 0 Å². The minimum absolute atomic E-state index is 0.0270. The second kappa shape index (κ2) is 8.59. The summed E-state index contributed by atoms with van der Waals surface area (Å²) in [5.41, 5.74) is -1.74. The van der Waals surface area contributed by atoms with E-state index < -0.39 is 23.7 Å². The first-order valence-electron chi connectivity index (χ1n) is 9.37. The van der Waals surface area contributed by atoms with Gasteiger partial charge in [0.25, 0.3) is 5.91 Å². The third-order valence-electron chi connectivity index (χ3n) is 4.73. The second-order valence-corrected chi connectivity index (χ2v) is 7.28. The van der Waals surface area contributed by atoms with E-state index in [0.717, 1.165) is 10.8 Å². The molecule has 0 atom stereocenters. The van der Waals surface area contributed by atoms with E-state index in [0.29, 0.717) is 0 Å². The second-order valence-electron chi connectivity index (χ2n) is 6.87. The molecule has 0 saturated heterocycles. The van der Waals surface area contributed by atoms with Crippen molar-refractivity contribution in [3.8, 4) is 22.8 Å². The molecule has 4 rings (SSSR count). The van der Waals surface area contributed by atoms with Crippen LogP contribution in [0.5, 0.6) is 0 Å². The fraction of sp³-hybridized carbons (Fsp3) is 0.100. The van der Waals surface area contributed by atoms with E-state index in [4.69, 9.17) is 16.7 Å². The Morgan fingerprint density at radius 3 is 2.50 bits per heavy atom. The SMILES string of the molecule is Cn1c(-c2c(C(F)(F)F)n[nH]c2-c2ncccn2)cnc1C(=O)Nc1ccc(C(=O)O)c(Cl)c1. The van der Waals surface area contributed by atoms with Gasteiger partial charge in [-0.25, -0.2) is 19.7 Å². The first-order valence-corrected chi connectivity index (χ1v) is 9.75. The summed E-state index contributed by atoms with van der Waals surface area (Å²) in [7, 11) is 1.36. The van der Waals surface area contributed by atoms with Crippen molar-refractivity contribution < 1.29 is 27.9 Å². The summed E-state index contributed by atoms with van der Waals surface area (Å²) in [4.78, 5) is 35.8. The number of alkyl halides is 3. The summed E-state index contributed by atoms with van der Waals surface area (Å²) >= 11 is 5.91. The number of H-pyrrole nitrogens is 1. The number of halogens is 4. The maximum Gasteiger partial charge on any atom is 0.435 e. The van der Waals surface area contributed by atoms with E-state index in [1.54, 1.807) is 0 Å². The van der Waals surface area contributed by atoms with Crippen LogP contribution in [0.4, 0.5) is 18.9 Å². The Morgan fingerprint density at radius 1 is 1.18 bits per heavy atom. The Morgan fingerprint density at radius 2 is 1.88 bits per heavy atom. The Bertz CT molecular complexity index is 1400. The van der Waals surface area contributed by atoms with Crippen LogP contribution >= 0.6 is 11.6 Å². The minimum Gasteiger partial charge on any atom is -0.478 e. The van der Waals surface area contributed by atoms with Crippen molar-refractivity contribution in [2.75, 3.05) is 5.32 Å². The number of carboxylic acid groups (broad SMARTS) is 1. The number of amides is 1. The Labute approximate surface area is 193 Å². The number of carbonyl (C=O) groups excluding carboxylic acids is 1. The van der Waals surface area contributed by atoms with Crippen molar-refractivity contribution in [1.29, 1.82) is 0 Å². The molecule has 1 aromatic carbocycles. The number of aromatic nitrogens is 6. The van der Waals surface area contributed by atoms with Gasteiger partial charge in [-0.15, -0.1) is 0 Å². The van der Waals surface area contributed by atoms with Crippen molar-refractivity contribution in [3.63, 3.8) is 0 Å². The number of nitrogens with one attached hydrogen (secondary N) is 2. The van der Waals surface area contributed by atoms with Gasteiger partial charge in [-0.05, 0) is 24.3 Å². The molecule has 0 aliphatic carbocycles. The molecule has 4 aromatic rings. The van der Waals surface area contributed by atoms with Gasteiger partial charge in [0.15, 0.2) is 17.3 Å². The summed E-state index contributed by atoms with van der Waals surface area (Å²) in [6.07, 6.45) is -0.984. The highest BCUT2D eigenvalue weighted by atomic mass is 35.5. The number of carbonyl (C=O) groups is 2. The topological polar surface area (TPSA) is 139 Å². The maximum atomic E-state index is 13.7. The summed E-state index contributed by atoms with van der Waals surface area (Å²) in [5.74, 6) is -2.25. The summed E-state index contributed by atoms with van der Waals surface area (Å²) in [5, 5.41) is 17.2. The van der Waals surface area contributed by atoms with Gasteiger partial charge in [0.2, 0.25) is 0 Å². The molecule has 3 heterocycles. The average molecular weight is 492 g/mol. The first-order chi connectivity index (χ1) is 16.1. The van der Waals surface area contributed by atoms with E-state index in [-0.39, 0.29) is 44.9 Å². The van der Waals surface area contributed by atoms with Crippen molar-refractivity contribution in [2.24, 2.45) is 7.05 Å². The number of anilines is 1. The van der Waals surface area contributed by atoms with Gasteiger partial charge < -0.3 is 15.0 Å². The Balaban J connectivity index is 1.73. The number of nitrogens with zero attached hydrogens (tertiary/aromatic N) is 5. The average Bonchev–Trinajstić information content (AvgIpc) is 3.37. The van der Waals surface area contributed by atoms with Gasteiger partial charge in [-0.1, -0.05) is 11.6 Å². The smallest absolute Gasteiger partial charge is 0.435 e. The lowest BCUT2D eigenvalue weighted by atomic mass is 10.1. The molecule has 10 nitrogen and oxygen atoms in total. The lowest BCUT2D eigenvalue weighted by molar-refractivity contribution is -0.140. The van der Waals surface area contributed by atoms with Crippen LogP contribution in [0, 0.1) is 0 Å². The number of aromatic carboxylic acids is 1. The molecule has 0 fully saturated rings. The summed E-state index contributed by atoms with van der Waals surface area (Å²) in [6.45, 7) is 0. The molecule has 3 N–H and O–H groups in total. The highest BCUT2D eigenvalue weighted by molar-refractivity contribution is 6.33. The zero-order valence-corrected chi connectivity index (χ0v) is 17.8. The molecule has 0 aliphatic heterocycles. The van der Waals surface area contributed by atoms with Gasteiger partial charge in [-0.2, -0.15) is 18.3 Å². The van der Waals surface area contributed by atoms with Crippen molar-refractivity contribution >= 4 is 29.2 Å². The van der Waals surface area contributed by atoms with E-state index in [1.807, 2.05) is 0 Å². The monoisotopic (exact) mass is 491 g/mol. The highest BCUT2D eigenvalue weighted by Gasteiger charge is 2.40. The molecular weight excluding hydrogens is 479 g/mol. The molecule has 0 unspecified atom stereocenters. The lowest BCUT2D eigenvalue weighted by Gasteiger charge is -2.10. The van der Waals surface area contributed by atoms with E-state index >= 15 is 0 Å². The third kappa shape index (κ3) is 4.20. The summed E-state index contributed by atoms with van der Waals surface area (Å²) in [6, 6.07) is 5.26. The standard InChI is InChI=1S/C20H13ClF3N7O3/c1-31-12(13-14(16-25-5-2-6-26-16)29-30-15(13)20(22,23)24)8-27-17(31)18(32)28-9-3-4-10(19(33)34)11(21)7-9/h2-8H,1H3,(H,28,32)(H,29,30)(H,33,34). The minimum atomic E-state index is -4.81. The number of benzene rings is 1. The van der Waals surface area contributed by atoms with E-state index in [2.05, 4.69) is 30.5 Å². The van der Waals surface area contributed by atoms with E-state index in [1.165, 1.54) is 43.7 Å². The zero-order chi connectivity index (χ0) is 24.6. The van der Waals surface area contributed by atoms with Crippen LogP contribution in [-0.4, -0.2) is 46.7 Å². The van der Waals surface area contributed by atoms with Crippen LogP contribution in [0.15, 0.2) is 42.9 Å². The van der Waals surface area contributed by atoms with Gasteiger partial charge >= 0.3 is 12.1 Å². The van der Waals surface area contributed by atoms with Gasteiger partial charge in [-0.3, -0.25) is 9.89 Å². The van der Waals surface area contributed by atoms with Crippen LogP contribution in [0.1, 0.15) is 26.7 Å². The Kier molecular flexibility index (Phi) is 5.79. The van der Waals surface area contributed by atoms with Crippen molar-refractivity contribution in [1.82, 2.24) is 29.7 Å². The predicted molar refractivity (Wildman–Crippen MR) is 113 cm³/mol. The molecule has 0 spiro atoms. The maximum absolute atomic E-state index is 13.7. The number of carboxylic acids is 1.